The maximum Gasteiger partial charge on any atom is 0.238 e. The van der Waals surface area contributed by atoms with Crippen LogP contribution in [0.15, 0.2) is 23.1 Å². The van der Waals surface area contributed by atoms with Crippen molar-refractivity contribution in [3.63, 3.8) is 0 Å². The average molecular weight is 314 g/mol. The summed E-state index contributed by atoms with van der Waals surface area (Å²) in [5.41, 5.74) is 0.478. The van der Waals surface area contributed by atoms with Crippen LogP contribution < -0.4 is 10.5 Å². The fraction of sp³-hybridized carbons (Fsp3) is 0.600. The Morgan fingerprint density at radius 2 is 1.86 bits per heavy atom. The van der Waals surface area contributed by atoms with Gasteiger partial charge < -0.3 is 5.32 Å². The molecule has 118 valence electrons. The SMILES string of the molecule is C[C@H](NC1CCCCCC1)c1ccc(S(N)(=O)=O)cc1F. The molecule has 1 aliphatic carbocycles. The standard InChI is InChI=1S/C15H23FN2O2S/c1-11(18-12-6-4-2-3-5-7-12)14-9-8-13(10-15(14)16)21(17,19)20/h8-12,18H,2-7H2,1H3,(H2,17,19,20)/t11-/m0/s1. The number of nitrogens with one attached hydrogen (secondary N) is 1. The lowest BCUT2D eigenvalue weighted by Gasteiger charge is -2.23. The second-order valence-electron chi connectivity index (χ2n) is 5.81. The van der Waals surface area contributed by atoms with Crippen molar-refractivity contribution in [1.82, 2.24) is 5.32 Å². The molecule has 1 aliphatic rings. The van der Waals surface area contributed by atoms with Gasteiger partial charge in [0.1, 0.15) is 5.82 Å². The zero-order valence-corrected chi connectivity index (χ0v) is 13.1. The van der Waals surface area contributed by atoms with Gasteiger partial charge in [-0.3, -0.25) is 0 Å². The van der Waals surface area contributed by atoms with Gasteiger partial charge in [0.25, 0.3) is 0 Å². The summed E-state index contributed by atoms with van der Waals surface area (Å²) in [4.78, 5) is -0.189. The molecule has 1 atom stereocenters. The van der Waals surface area contributed by atoms with Gasteiger partial charge in [-0.2, -0.15) is 0 Å². The molecule has 0 radical (unpaired) electrons. The van der Waals surface area contributed by atoms with Crippen molar-refractivity contribution in [2.75, 3.05) is 0 Å². The van der Waals surface area contributed by atoms with Gasteiger partial charge in [0, 0.05) is 17.6 Å². The average Bonchev–Trinajstić information content (AvgIpc) is 2.66. The summed E-state index contributed by atoms with van der Waals surface area (Å²) >= 11 is 0. The highest BCUT2D eigenvalue weighted by molar-refractivity contribution is 7.89. The van der Waals surface area contributed by atoms with E-state index in [1.165, 1.54) is 37.8 Å². The predicted octanol–water partition coefficient (Wildman–Crippen LogP) is 2.85. The molecule has 0 amide bonds. The molecule has 1 fully saturated rings. The van der Waals surface area contributed by atoms with Crippen LogP contribution in [-0.4, -0.2) is 14.5 Å². The van der Waals surface area contributed by atoms with Gasteiger partial charge in [0.05, 0.1) is 4.90 Å². The number of primary sulfonamides is 1. The number of halogens is 1. The highest BCUT2D eigenvalue weighted by atomic mass is 32.2. The molecule has 6 heteroatoms. The second kappa shape index (κ2) is 6.85. The fourth-order valence-electron chi connectivity index (χ4n) is 2.93. The van der Waals surface area contributed by atoms with Crippen molar-refractivity contribution in [3.8, 4) is 0 Å². The summed E-state index contributed by atoms with van der Waals surface area (Å²) < 4.78 is 36.5. The lowest BCUT2D eigenvalue weighted by atomic mass is 10.0. The number of hydrogen-bond acceptors (Lipinski definition) is 3. The number of sulfonamides is 1. The summed E-state index contributed by atoms with van der Waals surface area (Å²) in [6.45, 7) is 1.90. The minimum Gasteiger partial charge on any atom is -0.307 e. The Labute approximate surface area is 126 Å². The molecule has 1 aromatic carbocycles. The van der Waals surface area contributed by atoms with Crippen LogP contribution >= 0.6 is 0 Å². The largest absolute Gasteiger partial charge is 0.307 e. The van der Waals surface area contributed by atoms with Crippen molar-refractivity contribution in [2.45, 2.75) is 62.4 Å². The third-order valence-corrected chi connectivity index (χ3v) is 5.02. The summed E-state index contributed by atoms with van der Waals surface area (Å²) in [5, 5.41) is 8.46. The van der Waals surface area contributed by atoms with Gasteiger partial charge >= 0.3 is 0 Å². The molecule has 0 aromatic heterocycles. The van der Waals surface area contributed by atoms with Crippen LogP contribution in [0.1, 0.15) is 57.1 Å². The zero-order valence-electron chi connectivity index (χ0n) is 12.3. The van der Waals surface area contributed by atoms with E-state index in [2.05, 4.69) is 5.32 Å². The molecule has 0 heterocycles. The van der Waals surface area contributed by atoms with E-state index in [0.717, 1.165) is 18.9 Å². The Morgan fingerprint density at radius 3 is 2.38 bits per heavy atom. The molecule has 0 unspecified atom stereocenters. The molecular weight excluding hydrogens is 291 g/mol. The molecule has 2 rings (SSSR count). The van der Waals surface area contributed by atoms with Gasteiger partial charge in [-0.1, -0.05) is 31.7 Å². The minimum absolute atomic E-state index is 0.150. The van der Waals surface area contributed by atoms with E-state index in [-0.39, 0.29) is 10.9 Å². The van der Waals surface area contributed by atoms with E-state index in [1.807, 2.05) is 6.92 Å². The van der Waals surface area contributed by atoms with Gasteiger partial charge in [-0.05, 0) is 31.9 Å². The smallest absolute Gasteiger partial charge is 0.238 e. The number of rotatable bonds is 4. The molecule has 21 heavy (non-hydrogen) atoms. The van der Waals surface area contributed by atoms with Crippen LogP contribution in [0.5, 0.6) is 0 Å². The Kier molecular flexibility index (Phi) is 5.35. The van der Waals surface area contributed by atoms with Crippen molar-refractivity contribution in [3.05, 3.63) is 29.6 Å². The van der Waals surface area contributed by atoms with Crippen molar-refractivity contribution in [1.29, 1.82) is 0 Å². The molecule has 1 saturated carbocycles. The van der Waals surface area contributed by atoms with Crippen LogP contribution in [-0.2, 0) is 10.0 Å². The van der Waals surface area contributed by atoms with E-state index in [4.69, 9.17) is 5.14 Å². The van der Waals surface area contributed by atoms with Gasteiger partial charge in [-0.15, -0.1) is 0 Å². The maximum absolute atomic E-state index is 14.1. The van der Waals surface area contributed by atoms with E-state index in [9.17, 15) is 12.8 Å². The van der Waals surface area contributed by atoms with Crippen LogP contribution in [0.25, 0.3) is 0 Å². The van der Waals surface area contributed by atoms with Crippen LogP contribution in [0.2, 0.25) is 0 Å². The number of benzene rings is 1. The highest BCUT2D eigenvalue weighted by Gasteiger charge is 2.19. The van der Waals surface area contributed by atoms with E-state index >= 15 is 0 Å². The lowest BCUT2D eigenvalue weighted by molar-refractivity contribution is 0.405. The summed E-state index contributed by atoms with van der Waals surface area (Å²) in [6.07, 6.45) is 7.17. The van der Waals surface area contributed by atoms with Gasteiger partial charge in [-0.25, -0.2) is 17.9 Å². The minimum atomic E-state index is -3.86. The molecule has 0 aliphatic heterocycles. The first-order valence-electron chi connectivity index (χ1n) is 7.46. The van der Waals surface area contributed by atoms with E-state index < -0.39 is 15.8 Å². The number of hydrogen-bond donors (Lipinski definition) is 2. The number of nitrogens with two attached hydrogens (primary N) is 1. The monoisotopic (exact) mass is 314 g/mol. The fourth-order valence-corrected chi connectivity index (χ4v) is 3.45. The summed E-state index contributed by atoms with van der Waals surface area (Å²) in [7, 11) is -3.86. The Bertz CT molecular complexity index is 581. The van der Waals surface area contributed by atoms with E-state index in [0.29, 0.717) is 11.6 Å². The second-order valence-corrected chi connectivity index (χ2v) is 7.37. The molecule has 3 N–H and O–H groups in total. The van der Waals surface area contributed by atoms with Gasteiger partial charge in [0.15, 0.2) is 0 Å². The third kappa shape index (κ3) is 4.49. The normalized spacial score (nSPS) is 19.2. The first kappa shape index (κ1) is 16.4. The third-order valence-electron chi connectivity index (χ3n) is 4.11. The Balaban J connectivity index is 2.10. The quantitative estimate of drug-likeness (QED) is 0.839. The van der Waals surface area contributed by atoms with Crippen LogP contribution in [0, 0.1) is 5.82 Å². The maximum atomic E-state index is 14.1. The zero-order chi connectivity index (χ0) is 15.5. The molecule has 4 nitrogen and oxygen atoms in total. The molecule has 1 aromatic rings. The predicted molar refractivity (Wildman–Crippen MR) is 80.8 cm³/mol. The lowest BCUT2D eigenvalue weighted by Crippen LogP contribution is -2.31. The van der Waals surface area contributed by atoms with Crippen LogP contribution in [0.3, 0.4) is 0 Å². The van der Waals surface area contributed by atoms with Crippen molar-refractivity contribution in [2.24, 2.45) is 5.14 Å². The molecule has 0 spiro atoms. The molecule has 0 saturated heterocycles. The Morgan fingerprint density at radius 1 is 1.24 bits per heavy atom. The highest BCUT2D eigenvalue weighted by Crippen LogP contribution is 2.23. The summed E-state index contributed by atoms with van der Waals surface area (Å²) in [6, 6.07) is 4.11. The van der Waals surface area contributed by atoms with Gasteiger partial charge in [0.2, 0.25) is 10.0 Å². The van der Waals surface area contributed by atoms with Crippen LogP contribution in [0.4, 0.5) is 4.39 Å². The van der Waals surface area contributed by atoms with Crippen molar-refractivity contribution < 1.29 is 12.8 Å². The topological polar surface area (TPSA) is 72.2 Å². The summed E-state index contributed by atoms with van der Waals surface area (Å²) in [5.74, 6) is -0.532. The first-order valence-corrected chi connectivity index (χ1v) is 9.01. The van der Waals surface area contributed by atoms with Crippen molar-refractivity contribution >= 4 is 10.0 Å². The first-order chi connectivity index (χ1) is 9.88. The Hall–Kier alpha value is -0.980. The molecule has 0 bridgehead atoms. The van der Waals surface area contributed by atoms with E-state index in [1.54, 1.807) is 0 Å². The molecular formula is C15H23FN2O2S.